The lowest BCUT2D eigenvalue weighted by Gasteiger charge is -2.11. The molecule has 3 aromatic carbocycles. The Morgan fingerprint density at radius 1 is 0.844 bits per heavy atom. The molecule has 0 radical (unpaired) electrons. The van der Waals surface area contributed by atoms with E-state index in [0.29, 0.717) is 24.3 Å². The van der Waals surface area contributed by atoms with Gasteiger partial charge in [0.1, 0.15) is 5.75 Å². The molecule has 0 aliphatic rings. The van der Waals surface area contributed by atoms with Gasteiger partial charge in [-0.3, -0.25) is 9.59 Å². The molecule has 0 fully saturated rings. The maximum Gasteiger partial charge on any atom is 0.251 e. The smallest absolute Gasteiger partial charge is 0.251 e. The van der Waals surface area contributed by atoms with Gasteiger partial charge in [-0.15, -0.1) is 0 Å². The molecule has 6 nitrogen and oxygen atoms in total. The van der Waals surface area contributed by atoms with Crippen molar-refractivity contribution in [1.29, 1.82) is 0 Å². The second-order valence-corrected chi connectivity index (χ2v) is 7.71. The largest absolute Gasteiger partial charge is 0.491 e. The summed E-state index contributed by atoms with van der Waals surface area (Å²) in [6.45, 7) is 5.15. The third-order valence-corrected chi connectivity index (χ3v) is 4.61. The van der Waals surface area contributed by atoms with E-state index in [1.165, 1.54) is 0 Å². The molecule has 0 atom stereocenters. The number of rotatable bonds is 10. The lowest BCUT2D eigenvalue weighted by atomic mass is 10.1. The fourth-order valence-electron chi connectivity index (χ4n) is 3.10. The molecule has 0 saturated heterocycles. The molecule has 2 amide bonds. The second kappa shape index (κ2) is 11.7. The minimum Gasteiger partial charge on any atom is -0.491 e. The molecule has 3 rings (SSSR count). The van der Waals surface area contributed by atoms with E-state index in [1.54, 1.807) is 24.3 Å². The van der Waals surface area contributed by atoms with E-state index in [0.717, 1.165) is 16.9 Å². The normalized spacial score (nSPS) is 10.6. The number of nitrogens with one attached hydrogen (secondary N) is 3. The van der Waals surface area contributed by atoms with Gasteiger partial charge in [-0.05, 0) is 55.3 Å². The minimum absolute atomic E-state index is 0.135. The van der Waals surface area contributed by atoms with Crippen LogP contribution in [0.5, 0.6) is 5.75 Å². The maximum atomic E-state index is 12.4. The maximum absolute atomic E-state index is 12.4. The Hall–Kier alpha value is -3.64. The minimum atomic E-state index is -0.187. The summed E-state index contributed by atoms with van der Waals surface area (Å²) in [4.78, 5) is 24.7. The fraction of sp³-hybridized carbons (Fsp3) is 0.231. The van der Waals surface area contributed by atoms with Crippen LogP contribution in [0.4, 0.5) is 5.69 Å². The zero-order valence-corrected chi connectivity index (χ0v) is 18.4. The summed E-state index contributed by atoms with van der Waals surface area (Å²) in [5, 5.41) is 8.84. The predicted octanol–water partition coefficient (Wildman–Crippen LogP) is 4.13. The Labute approximate surface area is 189 Å². The fourth-order valence-corrected chi connectivity index (χ4v) is 3.10. The van der Waals surface area contributed by atoms with Gasteiger partial charge in [-0.1, -0.05) is 48.5 Å². The Balaban J connectivity index is 1.44. The van der Waals surface area contributed by atoms with Crippen LogP contribution in [0.3, 0.4) is 0 Å². The van der Waals surface area contributed by atoms with Crippen LogP contribution in [-0.2, 0) is 17.9 Å². The zero-order valence-electron chi connectivity index (χ0n) is 18.4. The summed E-state index contributed by atoms with van der Waals surface area (Å²) in [6, 6.07) is 24.4. The Kier molecular flexibility index (Phi) is 8.40. The third kappa shape index (κ3) is 7.56. The molecule has 0 bridgehead atoms. The van der Waals surface area contributed by atoms with Gasteiger partial charge in [0.15, 0.2) is 0 Å². The van der Waals surface area contributed by atoms with Crippen molar-refractivity contribution in [3.05, 3.63) is 95.6 Å². The first-order valence-corrected chi connectivity index (χ1v) is 10.7. The highest BCUT2D eigenvalue weighted by Gasteiger charge is 2.08. The van der Waals surface area contributed by atoms with Crippen LogP contribution in [0.25, 0.3) is 0 Å². The molecule has 0 heterocycles. The van der Waals surface area contributed by atoms with Crippen molar-refractivity contribution in [1.82, 2.24) is 10.6 Å². The topological polar surface area (TPSA) is 79.5 Å². The standard InChI is InChI=1S/C26H29N3O3/c1-19(2)32-24-13-11-21(12-14-24)16-27-18-25(30)29-23-10-6-9-22(15-23)26(31)28-17-20-7-4-3-5-8-20/h3-15,19,27H,16-18H2,1-2H3,(H,28,31)(H,29,30). The monoisotopic (exact) mass is 431 g/mol. The van der Waals surface area contributed by atoms with Gasteiger partial charge < -0.3 is 20.7 Å². The van der Waals surface area contributed by atoms with Gasteiger partial charge in [0.2, 0.25) is 5.91 Å². The molecule has 3 N–H and O–H groups in total. The summed E-state index contributed by atoms with van der Waals surface area (Å²) in [5.41, 5.74) is 3.17. The number of hydrogen-bond acceptors (Lipinski definition) is 4. The molecule has 6 heteroatoms. The van der Waals surface area contributed by atoms with Gasteiger partial charge in [-0.2, -0.15) is 0 Å². The summed E-state index contributed by atoms with van der Waals surface area (Å²) in [7, 11) is 0. The van der Waals surface area contributed by atoms with Gasteiger partial charge >= 0.3 is 0 Å². The number of carbonyl (C=O) groups is 2. The SMILES string of the molecule is CC(C)Oc1ccc(CNCC(=O)Nc2cccc(C(=O)NCc3ccccc3)c2)cc1. The van der Waals surface area contributed by atoms with Crippen molar-refractivity contribution >= 4 is 17.5 Å². The van der Waals surface area contributed by atoms with E-state index in [-0.39, 0.29) is 24.5 Å². The van der Waals surface area contributed by atoms with Crippen LogP contribution in [-0.4, -0.2) is 24.5 Å². The van der Waals surface area contributed by atoms with E-state index in [1.807, 2.05) is 68.4 Å². The highest BCUT2D eigenvalue weighted by Crippen LogP contribution is 2.14. The molecule has 0 aliphatic heterocycles. The van der Waals surface area contributed by atoms with Crippen LogP contribution >= 0.6 is 0 Å². The average molecular weight is 432 g/mol. The Bertz CT molecular complexity index is 1020. The molecule has 3 aromatic rings. The first-order valence-electron chi connectivity index (χ1n) is 10.7. The van der Waals surface area contributed by atoms with Crippen molar-refractivity contribution in [2.75, 3.05) is 11.9 Å². The molecule has 0 spiro atoms. The number of benzene rings is 3. The summed E-state index contributed by atoms with van der Waals surface area (Å²) < 4.78 is 5.63. The lowest BCUT2D eigenvalue weighted by molar-refractivity contribution is -0.115. The quantitative estimate of drug-likeness (QED) is 0.451. The van der Waals surface area contributed by atoms with Crippen molar-refractivity contribution in [2.45, 2.75) is 33.0 Å². The van der Waals surface area contributed by atoms with Crippen molar-refractivity contribution in [3.8, 4) is 5.75 Å². The molecule has 0 unspecified atom stereocenters. The van der Waals surface area contributed by atoms with Gasteiger partial charge in [0, 0.05) is 24.3 Å². The van der Waals surface area contributed by atoms with Gasteiger partial charge in [0.05, 0.1) is 12.6 Å². The third-order valence-electron chi connectivity index (χ3n) is 4.61. The van der Waals surface area contributed by atoms with Crippen LogP contribution < -0.4 is 20.7 Å². The van der Waals surface area contributed by atoms with Crippen molar-refractivity contribution in [2.24, 2.45) is 0 Å². The first kappa shape index (κ1) is 23.0. The lowest BCUT2D eigenvalue weighted by Crippen LogP contribution is -2.28. The van der Waals surface area contributed by atoms with Gasteiger partial charge in [0.25, 0.3) is 5.91 Å². The van der Waals surface area contributed by atoms with Crippen LogP contribution in [0.1, 0.15) is 35.3 Å². The predicted molar refractivity (Wildman–Crippen MR) is 127 cm³/mol. The summed E-state index contributed by atoms with van der Waals surface area (Å²) in [6.07, 6.45) is 0.135. The van der Waals surface area contributed by atoms with E-state index in [2.05, 4.69) is 16.0 Å². The molecule has 0 aromatic heterocycles. The number of hydrogen-bond donors (Lipinski definition) is 3. The summed E-state index contributed by atoms with van der Waals surface area (Å²) in [5.74, 6) is 0.466. The zero-order chi connectivity index (χ0) is 22.8. The molecular formula is C26H29N3O3. The van der Waals surface area contributed by atoms with E-state index in [4.69, 9.17) is 4.74 Å². The van der Waals surface area contributed by atoms with Crippen molar-refractivity contribution < 1.29 is 14.3 Å². The van der Waals surface area contributed by atoms with E-state index < -0.39 is 0 Å². The number of carbonyl (C=O) groups excluding carboxylic acids is 2. The summed E-state index contributed by atoms with van der Waals surface area (Å²) >= 11 is 0. The van der Waals surface area contributed by atoms with Crippen molar-refractivity contribution in [3.63, 3.8) is 0 Å². The number of ether oxygens (including phenoxy) is 1. The molecule has 0 aliphatic carbocycles. The Morgan fingerprint density at radius 2 is 1.56 bits per heavy atom. The number of amides is 2. The highest BCUT2D eigenvalue weighted by atomic mass is 16.5. The van der Waals surface area contributed by atoms with Crippen LogP contribution in [0.15, 0.2) is 78.9 Å². The average Bonchev–Trinajstić information content (AvgIpc) is 2.79. The van der Waals surface area contributed by atoms with Crippen LogP contribution in [0.2, 0.25) is 0 Å². The first-order chi connectivity index (χ1) is 15.5. The molecule has 32 heavy (non-hydrogen) atoms. The molecule has 166 valence electrons. The Morgan fingerprint density at radius 3 is 2.28 bits per heavy atom. The van der Waals surface area contributed by atoms with Crippen LogP contribution in [0, 0.1) is 0 Å². The second-order valence-electron chi connectivity index (χ2n) is 7.71. The highest BCUT2D eigenvalue weighted by molar-refractivity contribution is 5.97. The van der Waals surface area contributed by atoms with E-state index >= 15 is 0 Å². The van der Waals surface area contributed by atoms with Gasteiger partial charge in [-0.25, -0.2) is 0 Å². The molecular weight excluding hydrogens is 402 g/mol. The van der Waals surface area contributed by atoms with E-state index in [9.17, 15) is 9.59 Å². The molecule has 0 saturated carbocycles. The number of anilines is 1.